The Bertz CT molecular complexity index is 2250. The standard InChI is InChI=1S/C42H49N5O10S/c1-7-42(8-2,39(51)46-58(53,54)30-17-13-10-14-18-30)45-37(49)35-24-29(26-47(35)38(50)32(21-22-48)44-40(52)57-41(3,4)5)56-36-25-33(27-15-11-9-12-16-27)43-34-23-28(55-6)19-20-31(34)36/h7,9-20,23,25,29,32,35,48H,1,8,21-22,24,26H2,2-6H3,(H,44,52)(H,45,49)(H,46,51). The number of rotatable bonds is 15. The number of aliphatic hydroxyl groups excluding tert-OH is 1. The average Bonchev–Trinajstić information content (AvgIpc) is 3.62. The fourth-order valence-corrected chi connectivity index (χ4v) is 7.58. The minimum atomic E-state index is -4.35. The first-order valence-corrected chi connectivity index (χ1v) is 20.2. The van der Waals surface area contributed by atoms with Crippen LogP contribution in [0.1, 0.15) is 47.0 Å². The van der Waals surface area contributed by atoms with Gasteiger partial charge in [0.25, 0.3) is 15.9 Å². The molecule has 1 aromatic heterocycles. The van der Waals surface area contributed by atoms with Crippen molar-refractivity contribution >= 4 is 44.7 Å². The highest BCUT2D eigenvalue weighted by atomic mass is 32.2. The van der Waals surface area contributed by atoms with E-state index < -0.39 is 69.8 Å². The molecule has 0 aliphatic carbocycles. The number of nitrogens with zero attached hydrogens (tertiary/aromatic N) is 2. The highest BCUT2D eigenvalue weighted by Gasteiger charge is 2.47. The number of hydrogen-bond acceptors (Lipinski definition) is 11. The van der Waals surface area contributed by atoms with Gasteiger partial charge in [-0.2, -0.15) is 0 Å². The molecule has 4 unspecified atom stereocenters. The van der Waals surface area contributed by atoms with Crippen molar-refractivity contribution in [2.75, 3.05) is 20.3 Å². The van der Waals surface area contributed by atoms with Crippen LogP contribution in [0, 0.1) is 0 Å². The third kappa shape index (κ3) is 10.1. The van der Waals surface area contributed by atoms with Gasteiger partial charge in [0.1, 0.15) is 40.8 Å². The fourth-order valence-electron chi connectivity index (χ4n) is 6.52. The third-order valence-electron chi connectivity index (χ3n) is 9.54. The summed E-state index contributed by atoms with van der Waals surface area (Å²) in [5, 5.41) is 15.7. The Labute approximate surface area is 337 Å². The smallest absolute Gasteiger partial charge is 0.408 e. The molecule has 4 amide bonds. The molecule has 0 saturated carbocycles. The van der Waals surface area contributed by atoms with Gasteiger partial charge in [0.05, 0.1) is 29.8 Å². The largest absolute Gasteiger partial charge is 0.497 e. The molecule has 308 valence electrons. The van der Waals surface area contributed by atoms with Crippen LogP contribution in [0.15, 0.2) is 102 Å². The fraction of sp³-hybridized carbons (Fsp3) is 0.357. The Morgan fingerprint density at radius 2 is 1.69 bits per heavy atom. The first-order chi connectivity index (χ1) is 27.5. The molecule has 0 radical (unpaired) electrons. The number of hydrogen-bond donors (Lipinski definition) is 4. The zero-order valence-electron chi connectivity index (χ0n) is 33.1. The molecule has 4 aromatic rings. The Morgan fingerprint density at radius 3 is 2.29 bits per heavy atom. The molecule has 1 aliphatic rings. The topological polar surface area (TPSA) is 203 Å². The van der Waals surface area contributed by atoms with E-state index in [2.05, 4.69) is 17.2 Å². The number of likely N-dealkylation sites (tertiary alicyclic amines) is 1. The van der Waals surface area contributed by atoms with Crippen molar-refractivity contribution in [3.63, 3.8) is 0 Å². The van der Waals surface area contributed by atoms with Gasteiger partial charge >= 0.3 is 6.09 Å². The molecule has 16 heteroatoms. The van der Waals surface area contributed by atoms with Gasteiger partial charge in [-0.3, -0.25) is 14.4 Å². The highest BCUT2D eigenvalue weighted by Crippen LogP contribution is 2.35. The summed E-state index contributed by atoms with van der Waals surface area (Å²) in [5.41, 5.74) is -0.862. The summed E-state index contributed by atoms with van der Waals surface area (Å²) >= 11 is 0. The van der Waals surface area contributed by atoms with Crippen molar-refractivity contribution in [1.29, 1.82) is 0 Å². The monoisotopic (exact) mass is 815 g/mol. The molecule has 58 heavy (non-hydrogen) atoms. The number of fused-ring (bicyclic) bond motifs is 1. The summed E-state index contributed by atoms with van der Waals surface area (Å²) in [7, 11) is -2.80. The first kappa shape index (κ1) is 43.1. The van der Waals surface area contributed by atoms with E-state index in [9.17, 15) is 32.7 Å². The molecular weight excluding hydrogens is 767 g/mol. The molecular formula is C42H49N5O10S. The molecule has 0 bridgehead atoms. The SMILES string of the molecule is C=CC(CC)(NC(=O)C1CC(Oc2cc(-c3ccccc3)nc3cc(OC)ccc23)CN1C(=O)C(CCO)NC(=O)OC(C)(C)C)C(=O)NS(=O)(=O)c1ccccc1. The Kier molecular flexibility index (Phi) is 13.4. The quantitative estimate of drug-likeness (QED) is 0.123. The number of pyridine rings is 1. The maximum Gasteiger partial charge on any atom is 0.408 e. The van der Waals surface area contributed by atoms with Gasteiger partial charge in [-0.15, -0.1) is 6.58 Å². The van der Waals surface area contributed by atoms with E-state index >= 15 is 0 Å². The zero-order chi connectivity index (χ0) is 42.3. The average molecular weight is 816 g/mol. The normalized spacial score (nSPS) is 17.0. The lowest BCUT2D eigenvalue weighted by molar-refractivity contribution is -0.141. The van der Waals surface area contributed by atoms with Crippen LogP contribution in [-0.4, -0.2) is 96.8 Å². The summed E-state index contributed by atoms with van der Waals surface area (Å²) in [6.45, 7) is 9.62. The first-order valence-electron chi connectivity index (χ1n) is 18.7. The maximum absolute atomic E-state index is 14.4. The number of sulfonamides is 1. The molecule has 0 spiro atoms. The van der Waals surface area contributed by atoms with Crippen LogP contribution in [0.3, 0.4) is 0 Å². The molecule has 2 heterocycles. The van der Waals surface area contributed by atoms with E-state index in [4.69, 9.17) is 19.2 Å². The summed E-state index contributed by atoms with van der Waals surface area (Å²) in [6.07, 6.45) is -1.00. The van der Waals surface area contributed by atoms with Gasteiger partial charge in [-0.25, -0.2) is 22.9 Å². The lowest BCUT2D eigenvalue weighted by Crippen LogP contribution is -2.62. The molecule has 4 N–H and O–H groups in total. The van der Waals surface area contributed by atoms with Crippen LogP contribution < -0.4 is 24.8 Å². The van der Waals surface area contributed by atoms with E-state index in [1.54, 1.807) is 65.1 Å². The number of alkyl carbamates (subject to hydrolysis) is 1. The van der Waals surface area contributed by atoms with E-state index in [1.165, 1.54) is 29.2 Å². The van der Waals surface area contributed by atoms with Crippen LogP contribution in [-0.2, 0) is 29.1 Å². The highest BCUT2D eigenvalue weighted by molar-refractivity contribution is 7.90. The Morgan fingerprint density at radius 1 is 1.02 bits per heavy atom. The van der Waals surface area contributed by atoms with Crippen LogP contribution in [0.5, 0.6) is 11.5 Å². The number of ether oxygens (including phenoxy) is 3. The summed E-state index contributed by atoms with van der Waals surface area (Å²) < 4.78 is 45.8. The second-order valence-corrected chi connectivity index (χ2v) is 16.4. The number of methoxy groups -OCH3 is 1. The van der Waals surface area contributed by atoms with Gasteiger partial charge in [0.2, 0.25) is 11.8 Å². The number of amides is 4. The van der Waals surface area contributed by atoms with E-state index in [-0.39, 0.29) is 30.7 Å². The molecule has 1 fully saturated rings. The molecule has 5 rings (SSSR count). The van der Waals surface area contributed by atoms with Crippen molar-refractivity contribution in [3.8, 4) is 22.8 Å². The van der Waals surface area contributed by atoms with Crippen molar-refractivity contribution in [1.82, 2.24) is 25.2 Å². The van der Waals surface area contributed by atoms with E-state index in [0.29, 0.717) is 28.1 Å². The second kappa shape index (κ2) is 18.1. The zero-order valence-corrected chi connectivity index (χ0v) is 33.9. The lowest BCUT2D eigenvalue weighted by Gasteiger charge is -2.33. The minimum Gasteiger partial charge on any atom is -0.497 e. The van der Waals surface area contributed by atoms with Crippen molar-refractivity contribution in [2.45, 2.75) is 81.2 Å². The molecule has 4 atom stereocenters. The summed E-state index contributed by atoms with van der Waals surface area (Å²) in [4.78, 5) is 61.3. The van der Waals surface area contributed by atoms with Gasteiger partial charge in [0, 0.05) is 36.1 Å². The number of aliphatic hydroxyl groups is 1. The predicted octanol–water partition coefficient (Wildman–Crippen LogP) is 4.49. The van der Waals surface area contributed by atoms with Crippen molar-refractivity contribution in [3.05, 3.63) is 97.6 Å². The predicted molar refractivity (Wildman–Crippen MR) is 216 cm³/mol. The van der Waals surface area contributed by atoms with Crippen LogP contribution in [0.25, 0.3) is 22.2 Å². The maximum atomic E-state index is 14.4. The molecule has 3 aromatic carbocycles. The Hall–Kier alpha value is -6.00. The van der Waals surface area contributed by atoms with E-state index in [0.717, 1.165) is 11.6 Å². The summed E-state index contributed by atoms with van der Waals surface area (Å²) in [5.74, 6) is -1.63. The van der Waals surface area contributed by atoms with Gasteiger partial charge in [-0.05, 0) is 57.9 Å². The number of nitrogens with one attached hydrogen (secondary N) is 3. The lowest BCUT2D eigenvalue weighted by atomic mass is 9.94. The molecule has 1 aliphatic heterocycles. The second-order valence-electron chi connectivity index (χ2n) is 14.7. The number of aromatic nitrogens is 1. The van der Waals surface area contributed by atoms with Crippen LogP contribution in [0.4, 0.5) is 4.79 Å². The molecule has 15 nitrogen and oxygen atoms in total. The van der Waals surface area contributed by atoms with Crippen molar-refractivity contribution < 1.29 is 46.9 Å². The van der Waals surface area contributed by atoms with Crippen molar-refractivity contribution in [2.24, 2.45) is 0 Å². The van der Waals surface area contributed by atoms with Gasteiger partial charge < -0.3 is 34.9 Å². The number of carbonyl (C=O) groups excluding carboxylic acids is 4. The van der Waals surface area contributed by atoms with Gasteiger partial charge in [0.15, 0.2) is 0 Å². The van der Waals surface area contributed by atoms with Crippen LogP contribution >= 0.6 is 0 Å². The number of carbonyl (C=O) groups is 4. The van der Waals surface area contributed by atoms with E-state index in [1.807, 2.05) is 35.1 Å². The summed E-state index contributed by atoms with van der Waals surface area (Å²) in [6, 6.07) is 21.1. The third-order valence-corrected chi connectivity index (χ3v) is 10.9. The van der Waals surface area contributed by atoms with Gasteiger partial charge in [-0.1, -0.05) is 61.5 Å². The number of benzene rings is 3. The molecule has 1 saturated heterocycles. The Balaban J connectivity index is 1.50. The minimum absolute atomic E-state index is 0.0859. The van der Waals surface area contributed by atoms with Crippen LogP contribution in [0.2, 0.25) is 0 Å².